The van der Waals surface area contributed by atoms with Gasteiger partial charge in [-0.3, -0.25) is 0 Å². The van der Waals surface area contributed by atoms with Gasteiger partial charge in [0.25, 0.3) is 0 Å². The van der Waals surface area contributed by atoms with Crippen LogP contribution >= 0.6 is 0 Å². The van der Waals surface area contributed by atoms with Crippen LogP contribution in [0.25, 0.3) is 0 Å². The minimum absolute atomic E-state index is 0.690. The van der Waals surface area contributed by atoms with Crippen molar-refractivity contribution in [1.82, 2.24) is 9.97 Å². The Bertz CT molecular complexity index is 192. The Kier molecular flexibility index (Phi) is 2.45. The minimum atomic E-state index is 0.690. The van der Waals surface area contributed by atoms with Gasteiger partial charge in [-0.15, -0.1) is 0 Å². The summed E-state index contributed by atoms with van der Waals surface area (Å²) in [7, 11) is 0. The smallest absolute Gasteiger partial charge is 0.0925 e. The first kappa shape index (κ1) is 7.28. The average molecular weight is 139 g/mol. The number of H-pyrrole nitrogens is 1. The molecule has 1 heterocycles. The van der Waals surface area contributed by atoms with Crippen LogP contribution in [-0.4, -0.2) is 16.5 Å². The molecule has 3 heteroatoms. The van der Waals surface area contributed by atoms with Crippen molar-refractivity contribution in [1.29, 1.82) is 0 Å². The summed E-state index contributed by atoms with van der Waals surface area (Å²) in [4.78, 5) is 7.21. The molecule has 0 atom stereocenters. The van der Waals surface area contributed by atoms with E-state index in [-0.39, 0.29) is 0 Å². The van der Waals surface area contributed by atoms with Gasteiger partial charge in [-0.1, -0.05) is 6.92 Å². The van der Waals surface area contributed by atoms with Crippen molar-refractivity contribution in [3.05, 3.63) is 17.7 Å². The molecule has 0 saturated heterocycles. The maximum Gasteiger partial charge on any atom is 0.0925 e. The lowest BCUT2D eigenvalue weighted by Crippen LogP contribution is -2.04. The van der Waals surface area contributed by atoms with Gasteiger partial charge < -0.3 is 10.7 Å². The molecule has 3 N–H and O–H groups in total. The lowest BCUT2D eigenvalue weighted by molar-refractivity contribution is 0.903. The van der Waals surface area contributed by atoms with Crippen LogP contribution in [0.1, 0.15) is 18.3 Å². The van der Waals surface area contributed by atoms with Crippen LogP contribution < -0.4 is 5.73 Å². The molecule has 0 amide bonds. The van der Waals surface area contributed by atoms with Crippen LogP contribution in [0.3, 0.4) is 0 Å². The molecule has 0 aromatic carbocycles. The normalized spacial score (nSPS) is 10.2. The fraction of sp³-hybridized carbons (Fsp3) is 0.571. The monoisotopic (exact) mass is 139 g/mol. The number of hydrogen-bond donors (Lipinski definition) is 2. The molecule has 1 aromatic rings. The number of aryl methyl sites for hydroxylation is 1. The number of nitrogens with zero attached hydrogens (tertiary/aromatic N) is 1. The van der Waals surface area contributed by atoms with Gasteiger partial charge in [0.05, 0.1) is 12.0 Å². The maximum atomic E-state index is 5.40. The summed E-state index contributed by atoms with van der Waals surface area (Å²) < 4.78 is 0. The predicted molar refractivity (Wildman–Crippen MR) is 40.7 cm³/mol. The SMILES string of the molecule is CCc1nc[nH]c1CCN. The predicted octanol–water partition coefficient (Wildman–Crippen LogP) is 0.473. The highest BCUT2D eigenvalue weighted by atomic mass is 14.9. The van der Waals surface area contributed by atoms with Crippen molar-refractivity contribution < 1.29 is 0 Å². The lowest BCUT2D eigenvalue weighted by Gasteiger charge is -1.95. The largest absolute Gasteiger partial charge is 0.348 e. The van der Waals surface area contributed by atoms with E-state index in [1.54, 1.807) is 6.33 Å². The molecular weight excluding hydrogens is 126 g/mol. The van der Waals surface area contributed by atoms with Crippen LogP contribution in [0.15, 0.2) is 6.33 Å². The zero-order chi connectivity index (χ0) is 7.40. The molecule has 0 unspecified atom stereocenters. The molecule has 0 bridgehead atoms. The van der Waals surface area contributed by atoms with E-state index >= 15 is 0 Å². The van der Waals surface area contributed by atoms with E-state index in [0.717, 1.165) is 18.5 Å². The van der Waals surface area contributed by atoms with Crippen molar-refractivity contribution in [3.8, 4) is 0 Å². The van der Waals surface area contributed by atoms with Gasteiger partial charge in [0.15, 0.2) is 0 Å². The molecule has 3 nitrogen and oxygen atoms in total. The first-order valence-electron chi connectivity index (χ1n) is 3.59. The molecule has 1 aromatic heterocycles. The average Bonchev–Trinajstić information content (AvgIpc) is 2.36. The van der Waals surface area contributed by atoms with Crippen LogP contribution in [-0.2, 0) is 12.8 Å². The molecule has 0 aliphatic heterocycles. The second-order valence-electron chi connectivity index (χ2n) is 2.22. The number of aromatic nitrogens is 2. The second-order valence-corrected chi connectivity index (χ2v) is 2.22. The summed E-state index contributed by atoms with van der Waals surface area (Å²) in [5.41, 5.74) is 7.72. The summed E-state index contributed by atoms with van der Waals surface area (Å²) in [5, 5.41) is 0. The summed E-state index contributed by atoms with van der Waals surface area (Å²) >= 11 is 0. The fourth-order valence-corrected chi connectivity index (χ4v) is 1.01. The Labute approximate surface area is 60.7 Å². The van der Waals surface area contributed by atoms with Crippen molar-refractivity contribution in [2.75, 3.05) is 6.54 Å². The Morgan fingerprint density at radius 1 is 1.70 bits per heavy atom. The van der Waals surface area contributed by atoms with Gasteiger partial charge in [-0.25, -0.2) is 4.98 Å². The molecule has 0 aliphatic rings. The summed E-state index contributed by atoms with van der Waals surface area (Å²) in [6.45, 7) is 2.78. The number of imidazole rings is 1. The van der Waals surface area contributed by atoms with Gasteiger partial charge >= 0.3 is 0 Å². The van der Waals surface area contributed by atoms with E-state index < -0.39 is 0 Å². The Morgan fingerprint density at radius 3 is 3.10 bits per heavy atom. The van der Waals surface area contributed by atoms with Crippen molar-refractivity contribution in [2.24, 2.45) is 5.73 Å². The third-order valence-electron chi connectivity index (χ3n) is 1.54. The van der Waals surface area contributed by atoms with Gasteiger partial charge in [0.1, 0.15) is 0 Å². The van der Waals surface area contributed by atoms with Crippen LogP contribution in [0, 0.1) is 0 Å². The van der Waals surface area contributed by atoms with Gasteiger partial charge in [-0.2, -0.15) is 0 Å². The van der Waals surface area contributed by atoms with Crippen molar-refractivity contribution >= 4 is 0 Å². The quantitative estimate of drug-likeness (QED) is 0.639. The summed E-state index contributed by atoms with van der Waals surface area (Å²) in [6.07, 6.45) is 3.62. The first-order chi connectivity index (χ1) is 4.88. The molecular formula is C7H13N3. The topological polar surface area (TPSA) is 54.7 Å². The van der Waals surface area contributed by atoms with Crippen LogP contribution in [0.5, 0.6) is 0 Å². The van der Waals surface area contributed by atoms with Crippen molar-refractivity contribution in [3.63, 3.8) is 0 Å². The molecule has 0 aliphatic carbocycles. The maximum absolute atomic E-state index is 5.40. The summed E-state index contributed by atoms with van der Waals surface area (Å²) in [6, 6.07) is 0. The van der Waals surface area contributed by atoms with Crippen LogP contribution in [0.4, 0.5) is 0 Å². The minimum Gasteiger partial charge on any atom is -0.348 e. The Hall–Kier alpha value is -0.830. The Morgan fingerprint density at radius 2 is 2.50 bits per heavy atom. The third kappa shape index (κ3) is 1.36. The summed E-state index contributed by atoms with van der Waals surface area (Å²) in [5.74, 6) is 0. The van der Waals surface area contributed by atoms with E-state index in [9.17, 15) is 0 Å². The second kappa shape index (κ2) is 3.37. The van der Waals surface area contributed by atoms with Gasteiger partial charge in [0, 0.05) is 12.1 Å². The number of rotatable bonds is 3. The standard InChI is InChI=1S/C7H13N3/c1-2-6-7(3-4-8)10-5-9-6/h5H,2-4,8H2,1H3,(H,9,10). The number of nitrogens with two attached hydrogens (primary N) is 1. The number of aromatic amines is 1. The number of hydrogen-bond acceptors (Lipinski definition) is 2. The lowest BCUT2D eigenvalue weighted by atomic mass is 10.2. The van der Waals surface area contributed by atoms with E-state index in [4.69, 9.17) is 5.73 Å². The van der Waals surface area contributed by atoms with Gasteiger partial charge in [-0.05, 0) is 13.0 Å². The Balaban J connectivity index is 2.70. The molecule has 0 fully saturated rings. The first-order valence-corrected chi connectivity index (χ1v) is 3.59. The third-order valence-corrected chi connectivity index (χ3v) is 1.54. The fourth-order valence-electron chi connectivity index (χ4n) is 1.01. The molecule has 0 radical (unpaired) electrons. The zero-order valence-corrected chi connectivity index (χ0v) is 6.22. The van der Waals surface area contributed by atoms with Gasteiger partial charge in [0.2, 0.25) is 0 Å². The van der Waals surface area contributed by atoms with E-state index in [1.165, 1.54) is 5.69 Å². The number of nitrogens with one attached hydrogen (secondary N) is 1. The van der Waals surface area contributed by atoms with E-state index in [0.29, 0.717) is 6.54 Å². The van der Waals surface area contributed by atoms with Crippen LogP contribution in [0.2, 0.25) is 0 Å². The van der Waals surface area contributed by atoms with E-state index in [1.807, 2.05) is 0 Å². The van der Waals surface area contributed by atoms with E-state index in [2.05, 4.69) is 16.9 Å². The molecule has 10 heavy (non-hydrogen) atoms. The molecule has 1 rings (SSSR count). The zero-order valence-electron chi connectivity index (χ0n) is 6.22. The molecule has 56 valence electrons. The highest BCUT2D eigenvalue weighted by molar-refractivity contribution is 5.10. The molecule has 0 saturated carbocycles. The molecule has 0 spiro atoms. The highest BCUT2D eigenvalue weighted by Crippen LogP contribution is 2.02. The highest BCUT2D eigenvalue weighted by Gasteiger charge is 2.00. The van der Waals surface area contributed by atoms with Crippen molar-refractivity contribution in [2.45, 2.75) is 19.8 Å².